The zero-order valence-electron chi connectivity index (χ0n) is 25.5. The van der Waals surface area contributed by atoms with Gasteiger partial charge in [-0.3, -0.25) is 9.36 Å². The zero-order valence-corrected chi connectivity index (χ0v) is 27.1. The Morgan fingerprint density at radius 3 is 2.19 bits per heavy atom. The Labute approximate surface area is 255 Å². The molecule has 1 N–H and O–H groups in total. The van der Waals surface area contributed by atoms with Crippen LogP contribution in [0.3, 0.4) is 0 Å². The van der Waals surface area contributed by atoms with Gasteiger partial charge in [-0.1, -0.05) is 58.0 Å². The molecule has 0 saturated carbocycles. The standard InChI is InChI=1S/C33H39BrN4O4/c1-9-37(33(40)36-30-23(19(2)3)14-12-15-24(30)20(4)5)21(6)31-35-26-16-11-10-13-25(26)32(39)38(31)27-17-22(41-7)18-28(42-8)29(27)34/h10-21H,9H2,1-8H3,(H,36,40). The molecule has 0 aliphatic heterocycles. The van der Waals surface area contributed by atoms with Gasteiger partial charge in [0.2, 0.25) is 0 Å². The lowest BCUT2D eigenvalue weighted by molar-refractivity contribution is 0.193. The van der Waals surface area contributed by atoms with Crippen LogP contribution in [0.25, 0.3) is 16.6 Å². The summed E-state index contributed by atoms with van der Waals surface area (Å²) >= 11 is 3.63. The van der Waals surface area contributed by atoms with Gasteiger partial charge >= 0.3 is 6.03 Å². The fourth-order valence-corrected chi connectivity index (χ4v) is 5.83. The second kappa shape index (κ2) is 13.0. The highest BCUT2D eigenvalue weighted by atomic mass is 79.9. The number of halogens is 1. The minimum Gasteiger partial charge on any atom is -0.497 e. The highest BCUT2D eigenvalue weighted by Gasteiger charge is 2.28. The summed E-state index contributed by atoms with van der Waals surface area (Å²) in [4.78, 5) is 34.8. The molecule has 0 aliphatic carbocycles. The molecule has 1 atom stereocenters. The minimum absolute atomic E-state index is 0.222. The molecule has 0 aliphatic rings. The number of carbonyl (C=O) groups is 1. The molecule has 0 fully saturated rings. The predicted molar refractivity (Wildman–Crippen MR) is 173 cm³/mol. The maximum absolute atomic E-state index is 14.1. The van der Waals surface area contributed by atoms with Crippen molar-refractivity contribution in [1.82, 2.24) is 14.5 Å². The second-order valence-electron chi connectivity index (χ2n) is 10.8. The summed E-state index contributed by atoms with van der Waals surface area (Å²) in [5, 5.41) is 3.69. The van der Waals surface area contributed by atoms with Crippen LogP contribution in [0.5, 0.6) is 11.5 Å². The van der Waals surface area contributed by atoms with Crippen molar-refractivity contribution in [3.05, 3.63) is 86.4 Å². The van der Waals surface area contributed by atoms with Gasteiger partial charge in [-0.15, -0.1) is 0 Å². The fourth-order valence-electron chi connectivity index (χ4n) is 5.26. The number of para-hydroxylation sites is 2. The van der Waals surface area contributed by atoms with Crippen LogP contribution in [0.1, 0.15) is 76.4 Å². The highest BCUT2D eigenvalue weighted by molar-refractivity contribution is 9.10. The minimum atomic E-state index is -0.579. The molecule has 3 aromatic carbocycles. The summed E-state index contributed by atoms with van der Waals surface area (Å²) < 4.78 is 13.2. The second-order valence-corrected chi connectivity index (χ2v) is 11.6. The number of hydrogen-bond acceptors (Lipinski definition) is 5. The van der Waals surface area contributed by atoms with Crippen molar-refractivity contribution in [3.8, 4) is 17.2 Å². The van der Waals surface area contributed by atoms with Gasteiger partial charge < -0.3 is 19.7 Å². The van der Waals surface area contributed by atoms with E-state index in [0.29, 0.717) is 44.9 Å². The summed E-state index contributed by atoms with van der Waals surface area (Å²) in [7, 11) is 3.11. The van der Waals surface area contributed by atoms with E-state index in [1.807, 2.05) is 38.1 Å². The Hall–Kier alpha value is -3.85. The third kappa shape index (κ3) is 5.88. The Bertz CT molecular complexity index is 1640. The molecule has 8 nitrogen and oxygen atoms in total. The van der Waals surface area contributed by atoms with E-state index in [9.17, 15) is 9.59 Å². The Morgan fingerprint density at radius 2 is 1.62 bits per heavy atom. The molecule has 42 heavy (non-hydrogen) atoms. The SMILES string of the molecule is CCN(C(=O)Nc1c(C(C)C)cccc1C(C)C)C(C)c1nc2ccccc2c(=O)n1-c1cc(OC)cc(OC)c1Br. The summed E-state index contributed by atoms with van der Waals surface area (Å²) in [6, 6.07) is 16.0. The lowest BCUT2D eigenvalue weighted by atomic mass is 9.93. The van der Waals surface area contributed by atoms with Crippen LogP contribution in [-0.4, -0.2) is 41.2 Å². The smallest absolute Gasteiger partial charge is 0.322 e. The van der Waals surface area contributed by atoms with Gasteiger partial charge in [-0.2, -0.15) is 0 Å². The van der Waals surface area contributed by atoms with E-state index in [1.54, 1.807) is 41.9 Å². The van der Waals surface area contributed by atoms with E-state index in [-0.39, 0.29) is 23.4 Å². The number of aromatic nitrogens is 2. The summed E-state index contributed by atoms with van der Waals surface area (Å²) in [5.74, 6) is 1.87. The molecule has 1 unspecified atom stereocenters. The molecule has 9 heteroatoms. The molecule has 222 valence electrons. The van der Waals surface area contributed by atoms with Gasteiger partial charge in [0, 0.05) is 24.4 Å². The molecule has 0 spiro atoms. The third-order valence-corrected chi connectivity index (χ3v) is 8.34. The van der Waals surface area contributed by atoms with Crippen LogP contribution < -0.4 is 20.3 Å². The molecule has 4 aromatic rings. The van der Waals surface area contributed by atoms with Gasteiger partial charge in [-0.25, -0.2) is 9.78 Å². The Kier molecular flexibility index (Phi) is 9.61. The van der Waals surface area contributed by atoms with Crippen LogP contribution in [0.4, 0.5) is 10.5 Å². The normalized spacial score (nSPS) is 12.1. The van der Waals surface area contributed by atoms with Gasteiger partial charge in [0.15, 0.2) is 0 Å². The van der Waals surface area contributed by atoms with Crippen molar-refractivity contribution in [3.63, 3.8) is 0 Å². The molecule has 2 amide bonds. The lowest BCUT2D eigenvalue weighted by Gasteiger charge is -2.31. The summed E-state index contributed by atoms with van der Waals surface area (Å²) in [6.07, 6.45) is 0. The van der Waals surface area contributed by atoms with Crippen LogP contribution >= 0.6 is 15.9 Å². The van der Waals surface area contributed by atoms with Crippen molar-refractivity contribution >= 4 is 38.6 Å². The number of methoxy groups -OCH3 is 2. The van der Waals surface area contributed by atoms with Crippen molar-refractivity contribution in [2.24, 2.45) is 0 Å². The Morgan fingerprint density at radius 1 is 0.976 bits per heavy atom. The van der Waals surface area contributed by atoms with Crippen molar-refractivity contribution in [2.75, 3.05) is 26.1 Å². The topological polar surface area (TPSA) is 85.7 Å². The predicted octanol–water partition coefficient (Wildman–Crippen LogP) is 8.03. The number of fused-ring (bicyclic) bond motifs is 1. The number of nitrogens with zero attached hydrogens (tertiary/aromatic N) is 3. The molecule has 0 bridgehead atoms. The van der Waals surface area contributed by atoms with Gasteiger partial charge in [0.25, 0.3) is 5.56 Å². The molecule has 1 aromatic heterocycles. The number of nitrogens with one attached hydrogen (secondary N) is 1. The van der Waals surface area contributed by atoms with Crippen LogP contribution in [0.2, 0.25) is 0 Å². The van der Waals surface area contributed by atoms with Gasteiger partial charge in [0.1, 0.15) is 17.3 Å². The molecule has 4 rings (SSSR count). The van der Waals surface area contributed by atoms with Crippen molar-refractivity contribution in [2.45, 2.75) is 59.4 Å². The molecule has 0 radical (unpaired) electrons. The molecule has 1 heterocycles. The quantitative estimate of drug-likeness (QED) is 0.201. The molecular formula is C33H39BrN4O4. The molecular weight excluding hydrogens is 596 g/mol. The van der Waals surface area contributed by atoms with E-state index in [0.717, 1.165) is 16.8 Å². The first-order chi connectivity index (χ1) is 20.0. The largest absolute Gasteiger partial charge is 0.497 e. The van der Waals surface area contributed by atoms with E-state index >= 15 is 0 Å². The van der Waals surface area contributed by atoms with Crippen molar-refractivity contribution in [1.29, 1.82) is 0 Å². The average Bonchev–Trinajstić information content (AvgIpc) is 2.97. The van der Waals surface area contributed by atoms with E-state index in [2.05, 4.69) is 61.1 Å². The lowest BCUT2D eigenvalue weighted by Crippen LogP contribution is -2.40. The monoisotopic (exact) mass is 634 g/mol. The number of hydrogen-bond donors (Lipinski definition) is 1. The van der Waals surface area contributed by atoms with Crippen LogP contribution in [0, 0.1) is 0 Å². The number of amides is 2. The van der Waals surface area contributed by atoms with E-state index in [4.69, 9.17) is 14.5 Å². The highest BCUT2D eigenvalue weighted by Crippen LogP contribution is 2.37. The van der Waals surface area contributed by atoms with E-state index in [1.165, 1.54) is 0 Å². The van der Waals surface area contributed by atoms with Gasteiger partial charge in [0.05, 0.1) is 41.3 Å². The number of anilines is 1. The van der Waals surface area contributed by atoms with Crippen molar-refractivity contribution < 1.29 is 14.3 Å². The maximum atomic E-state index is 14.1. The Balaban J connectivity index is 1.90. The van der Waals surface area contributed by atoms with Crippen LogP contribution in [0.15, 0.2) is 63.9 Å². The zero-order chi connectivity index (χ0) is 30.7. The number of ether oxygens (including phenoxy) is 2. The number of benzene rings is 3. The number of carbonyl (C=O) groups excluding carboxylic acids is 1. The first-order valence-corrected chi connectivity index (χ1v) is 15.0. The third-order valence-electron chi connectivity index (χ3n) is 7.54. The van der Waals surface area contributed by atoms with Crippen LogP contribution in [-0.2, 0) is 0 Å². The maximum Gasteiger partial charge on any atom is 0.322 e. The number of rotatable bonds is 9. The average molecular weight is 636 g/mol. The van der Waals surface area contributed by atoms with E-state index < -0.39 is 6.04 Å². The first kappa shape index (κ1) is 31.1. The fraction of sp³-hybridized carbons (Fsp3) is 0.364. The summed E-state index contributed by atoms with van der Waals surface area (Å²) in [5.41, 5.74) is 3.78. The molecule has 0 saturated heterocycles. The number of urea groups is 1. The summed E-state index contributed by atoms with van der Waals surface area (Å²) in [6.45, 7) is 12.7. The first-order valence-electron chi connectivity index (χ1n) is 14.2. The van der Waals surface area contributed by atoms with Gasteiger partial charge in [-0.05, 0) is 64.9 Å².